The molecule has 0 unspecified atom stereocenters. The van der Waals surface area contributed by atoms with Crippen LogP contribution in [0.3, 0.4) is 0 Å². The van der Waals surface area contributed by atoms with Gasteiger partial charge in [-0.1, -0.05) is 11.3 Å². The summed E-state index contributed by atoms with van der Waals surface area (Å²) in [6, 6.07) is 4.56. The van der Waals surface area contributed by atoms with Crippen LogP contribution in [0.4, 0.5) is 9.52 Å². The molecule has 0 radical (unpaired) electrons. The topological polar surface area (TPSA) is 93.2 Å². The van der Waals surface area contributed by atoms with Gasteiger partial charge in [0.1, 0.15) is 5.82 Å². The molecule has 0 aliphatic rings. The van der Waals surface area contributed by atoms with Crippen LogP contribution < -0.4 is 5.32 Å². The van der Waals surface area contributed by atoms with Crippen LogP contribution in [-0.2, 0) is 14.6 Å². The number of halogens is 1. The van der Waals surface area contributed by atoms with Crippen LogP contribution >= 0.6 is 11.3 Å². The first-order valence-electron chi connectivity index (χ1n) is 7.45. The zero-order valence-electron chi connectivity index (χ0n) is 13.7. The minimum atomic E-state index is -3.56. The van der Waals surface area contributed by atoms with Crippen molar-refractivity contribution in [3.05, 3.63) is 40.7 Å². The Labute approximate surface area is 149 Å². The van der Waals surface area contributed by atoms with Gasteiger partial charge in [-0.25, -0.2) is 17.8 Å². The largest absolute Gasteiger partial charge is 0.302 e. The highest BCUT2D eigenvalue weighted by Gasteiger charge is 2.16. The van der Waals surface area contributed by atoms with E-state index >= 15 is 0 Å². The van der Waals surface area contributed by atoms with Gasteiger partial charge in [-0.3, -0.25) is 9.59 Å². The fourth-order valence-corrected chi connectivity index (χ4v) is 4.33. The average molecular weight is 384 g/mol. The molecule has 1 aromatic carbocycles. The van der Waals surface area contributed by atoms with Crippen LogP contribution in [0.15, 0.2) is 29.2 Å². The van der Waals surface area contributed by atoms with E-state index in [4.69, 9.17) is 0 Å². The molecule has 1 heterocycles. The smallest absolute Gasteiger partial charge is 0.226 e. The quantitative estimate of drug-likeness (QED) is 0.585. The summed E-state index contributed by atoms with van der Waals surface area (Å²) in [6.07, 6.45) is 0.115. The van der Waals surface area contributed by atoms with Crippen LogP contribution in [0.2, 0.25) is 0 Å². The van der Waals surface area contributed by atoms with Gasteiger partial charge >= 0.3 is 0 Å². The molecule has 2 aromatic rings. The molecule has 0 aliphatic carbocycles. The van der Waals surface area contributed by atoms with Crippen molar-refractivity contribution in [2.45, 2.75) is 31.6 Å². The number of ketones is 1. The lowest BCUT2D eigenvalue weighted by atomic mass is 10.3. The first-order chi connectivity index (χ1) is 11.7. The number of carbonyl (C=O) groups is 2. The number of Topliss-reactive ketones (excluding diaryl/α,β-unsaturated/α-hetero) is 1. The second kappa shape index (κ2) is 7.83. The number of thiazole rings is 1. The lowest BCUT2D eigenvalue weighted by Gasteiger charge is -2.04. The van der Waals surface area contributed by atoms with Gasteiger partial charge in [0.25, 0.3) is 0 Å². The standard InChI is InChI=1S/C16H17FN2O4S2/c1-10-15(11(2)20)24-16(18-10)19-14(21)4-3-9-25(22,23)13-7-5-12(17)6-8-13/h5-8H,3-4,9H2,1-2H3,(H,18,19,21). The van der Waals surface area contributed by atoms with Crippen LogP contribution in [-0.4, -0.2) is 30.8 Å². The number of aromatic nitrogens is 1. The molecule has 0 atom stereocenters. The summed E-state index contributed by atoms with van der Waals surface area (Å²) in [6.45, 7) is 3.10. The Hall–Kier alpha value is -2.13. The van der Waals surface area contributed by atoms with Gasteiger partial charge < -0.3 is 5.32 Å². The van der Waals surface area contributed by atoms with E-state index in [-0.39, 0.29) is 35.2 Å². The molecule has 9 heteroatoms. The number of anilines is 1. The fraction of sp³-hybridized carbons (Fsp3) is 0.312. The number of nitrogens with zero attached hydrogens (tertiary/aromatic N) is 1. The summed E-state index contributed by atoms with van der Waals surface area (Å²) in [7, 11) is -3.56. The van der Waals surface area contributed by atoms with Gasteiger partial charge in [0.15, 0.2) is 20.8 Å². The van der Waals surface area contributed by atoms with E-state index in [9.17, 15) is 22.4 Å². The zero-order chi connectivity index (χ0) is 18.6. The highest BCUT2D eigenvalue weighted by atomic mass is 32.2. The molecule has 0 spiro atoms. The van der Waals surface area contributed by atoms with Crippen molar-refractivity contribution in [3.63, 3.8) is 0 Å². The van der Waals surface area contributed by atoms with Gasteiger partial charge in [0.2, 0.25) is 5.91 Å². The number of rotatable bonds is 7. The first-order valence-corrected chi connectivity index (χ1v) is 9.92. The molecule has 1 amide bonds. The maximum atomic E-state index is 12.8. The number of hydrogen-bond acceptors (Lipinski definition) is 6. The third kappa shape index (κ3) is 5.17. The Morgan fingerprint density at radius 1 is 1.24 bits per heavy atom. The summed E-state index contributed by atoms with van der Waals surface area (Å²) < 4.78 is 37.1. The molecule has 0 saturated heterocycles. The fourth-order valence-electron chi connectivity index (χ4n) is 2.14. The molecule has 2 rings (SSSR count). The Kier molecular flexibility index (Phi) is 6.02. The monoisotopic (exact) mass is 384 g/mol. The number of aryl methyl sites for hydroxylation is 1. The summed E-state index contributed by atoms with van der Waals surface area (Å²) >= 11 is 1.09. The molecule has 0 bridgehead atoms. The molecule has 134 valence electrons. The molecular formula is C16H17FN2O4S2. The van der Waals surface area contributed by atoms with E-state index in [1.165, 1.54) is 19.1 Å². The molecule has 1 N–H and O–H groups in total. The van der Waals surface area contributed by atoms with Crippen LogP contribution in [0.5, 0.6) is 0 Å². The van der Waals surface area contributed by atoms with Gasteiger partial charge in [-0.15, -0.1) is 0 Å². The lowest BCUT2D eigenvalue weighted by molar-refractivity contribution is -0.116. The normalized spacial score (nSPS) is 11.3. The van der Waals surface area contributed by atoms with Crippen molar-refractivity contribution >= 4 is 38.0 Å². The van der Waals surface area contributed by atoms with Crippen molar-refractivity contribution in [2.75, 3.05) is 11.1 Å². The predicted octanol–water partition coefficient (Wildman–Crippen LogP) is 2.99. The molecule has 0 saturated carbocycles. The molecule has 25 heavy (non-hydrogen) atoms. The maximum absolute atomic E-state index is 12.8. The molecule has 0 fully saturated rings. The summed E-state index contributed by atoms with van der Waals surface area (Å²) in [5, 5.41) is 2.88. The van der Waals surface area contributed by atoms with Crippen molar-refractivity contribution in [2.24, 2.45) is 0 Å². The van der Waals surface area contributed by atoms with Gasteiger partial charge in [-0.2, -0.15) is 0 Å². The van der Waals surface area contributed by atoms with Crippen molar-refractivity contribution in [1.82, 2.24) is 4.98 Å². The average Bonchev–Trinajstić information content (AvgIpc) is 2.88. The number of sulfone groups is 1. The molecular weight excluding hydrogens is 367 g/mol. The van der Waals surface area contributed by atoms with E-state index in [2.05, 4.69) is 10.3 Å². The lowest BCUT2D eigenvalue weighted by Crippen LogP contribution is -2.14. The van der Waals surface area contributed by atoms with Gasteiger partial charge in [-0.05, 0) is 37.6 Å². The SMILES string of the molecule is CC(=O)c1sc(NC(=O)CCCS(=O)(=O)c2ccc(F)cc2)nc1C. The summed E-state index contributed by atoms with van der Waals surface area (Å²) in [4.78, 5) is 27.9. The Morgan fingerprint density at radius 3 is 2.44 bits per heavy atom. The van der Waals surface area contributed by atoms with E-state index < -0.39 is 15.7 Å². The predicted molar refractivity (Wildman–Crippen MR) is 93.2 cm³/mol. The van der Waals surface area contributed by atoms with Crippen molar-refractivity contribution in [1.29, 1.82) is 0 Å². The van der Waals surface area contributed by atoms with Crippen molar-refractivity contribution < 1.29 is 22.4 Å². The Morgan fingerprint density at radius 2 is 1.88 bits per heavy atom. The molecule has 1 aromatic heterocycles. The van der Waals surface area contributed by atoms with Gasteiger partial charge in [0, 0.05) is 13.3 Å². The van der Waals surface area contributed by atoms with Gasteiger partial charge in [0.05, 0.1) is 21.2 Å². The van der Waals surface area contributed by atoms with E-state index in [1.807, 2.05) is 0 Å². The number of benzene rings is 1. The van der Waals surface area contributed by atoms with Crippen LogP contribution in [0.25, 0.3) is 0 Å². The number of hydrogen-bond donors (Lipinski definition) is 1. The molecule has 6 nitrogen and oxygen atoms in total. The van der Waals surface area contributed by atoms with E-state index in [0.29, 0.717) is 15.7 Å². The number of carbonyl (C=O) groups excluding carboxylic acids is 2. The maximum Gasteiger partial charge on any atom is 0.226 e. The second-order valence-electron chi connectivity index (χ2n) is 5.41. The first kappa shape index (κ1) is 19.2. The minimum absolute atomic E-state index is 0.00550. The summed E-state index contributed by atoms with van der Waals surface area (Å²) in [5.41, 5.74) is 0.548. The summed E-state index contributed by atoms with van der Waals surface area (Å²) in [5.74, 6) is -1.23. The highest BCUT2D eigenvalue weighted by molar-refractivity contribution is 7.91. The van der Waals surface area contributed by atoms with Crippen LogP contribution in [0.1, 0.15) is 35.1 Å². The highest BCUT2D eigenvalue weighted by Crippen LogP contribution is 2.23. The van der Waals surface area contributed by atoms with Crippen LogP contribution in [0, 0.1) is 12.7 Å². The molecule has 0 aliphatic heterocycles. The zero-order valence-corrected chi connectivity index (χ0v) is 15.3. The van der Waals surface area contributed by atoms with E-state index in [1.54, 1.807) is 6.92 Å². The van der Waals surface area contributed by atoms with Crippen molar-refractivity contribution in [3.8, 4) is 0 Å². The third-order valence-corrected chi connectivity index (χ3v) is 6.34. The number of nitrogens with one attached hydrogen (secondary N) is 1. The minimum Gasteiger partial charge on any atom is -0.302 e. The second-order valence-corrected chi connectivity index (χ2v) is 8.52. The third-order valence-electron chi connectivity index (χ3n) is 3.35. The Bertz CT molecular complexity index is 889. The number of amides is 1. The Balaban J connectivity index is 1.89. The van der Waals surface area contributed by atoms with E-state index in [0.717, 1.165) is 23.5 Å².